The molecular weight excluding hydrogens is 210 g/mol. The van der Waals surface area contributed by atoms with Crippen molar-refractivity contribution in [3.8, 4) is 5.75 Å². The first kappa shape index (κ1) is 10.6. The number of halogens is 1. The molecule has 0 spiro atoms. The van der Waals surface area contributed by atoms with Crippen LogP contribution in [0.25, 0.3) is 0 Å². The van der Waals surface area contributed by atoms with Crippen LogP contribution in [0.2, 0.25) is 5.02 Å². The van der Waals surface area contributed by atoms with Crippen molar-refractivity contribution in [2.75, 3.05) is 11.9 Å². The van der Waals surface area contributed by atoms with E-state index in [0.29, 0.717) is 5.02 Å². The van der Waals surface area contributed by atoms with E-state index in [1.54, 1.807) is 0 Å². The van der Waals surface area contributed by atoms with E-state index < -0.39 is 0 Å². The molecule has 0 fully saturated rings. The number of hydrogen-bond acceptors (Lipinski definition) is 2. The van der Waals surface area contributed by atoms with Crippen molar-refractivity contribution in [2.24, 2.45) is 0 Å². The molecule has 0 saturated carbocycles. The number of fused-ring (bicyclic) bond motifs is 1. The van der Waals surface area contributed by atoms with E-state index in [4.69, 9.17) is 16.3 Å². The number of para-hydroxylation sites is 1. The first-order chi connectivity index (χ1) is 7.21. The molecule has 0 saturated heterocycles. The van der Waals surface area contributed by atoms with Gasteiger partial charge in [-0.15, -0.1) is 0 Å². The van der Waals surface area contributed by atoms with Crippen LogP contribution in [-0.2, 0) is 0 Å². The van der Waals surface area contributed by atoms with Crippen molar-refractivity contribution in [2.45, 2.75) is 32.3 Å². The minimum atomic E-state index is -0.0992. The number of hydrogen-bond donors (Lipinski definition) is 1. The molecule has 15 heavy (non-hydrogen) atoms. The van der Waals surface area contributed by atoms with Crippen molar-refractivity contribution in [3.63, 3.8) is 0 Å². The Balaban J connectivity index is 2.36. The van der Waals surface area contributed by atoms with Crippen molar-refractivity contribution in [3.05, 3.63) is 23.2 Å². The SMILES string of the molecule is CCC1(CC)CNc2cccc(Cl)c2O1. The van der Waals surface area contributed by atoms with Crippen molar-refractivity contribution < 1.29 is 4.74 Å². The Morgan fingerprint density at radius 3 is 2.80 bits per heavy atom. The summed E-state index contributed by atoms with van der Waals surface area (Å²) in [4.78, 5) is 0. The highest BCUT2D eigenvalue weighted by Crippen LogP contribution is 2.40. The average Bonchev–Trinajstić information content (AvgIpc) is 2.29. The van der Waals surface area contributed by atoms with E-state index in [2.05, 4.69) is 19.2 Å². The molecule has 0 aromatic heterocycles. The van der Waals surface area contributed by atoms with Gasteiger partial charge in [0.2, 0.25) is 0 Å². The Hall–Kier alpha value is -0.890. The van der Waals surface area contributed by atoms with Crippen LogP contribution in [0.3, 0.4) is 0 Å². The highest BCUT2D eigenvalue weighted by atomic mass is 35.5. The summed E-state index contributed by atoms with van der Waals surface area (Å²) in [5.74, 6) is 0.800. The third-order valence-electron chi connectivity index (χ3n) is 3.18. The molecular formula is C12H16ClNO. The summed E-state index contributed by atoms with van der Waals surface area (Å²) < 4.78 is 6.05. The zero-order chi connectivity index (χ0) is 10.9. The zero-order valence-corrected chi connectivity index (χ0v) is 9.90. The molecule has 2 rings (SSSR count). The summed E-state index contributed by atoms with van der Waals surface area (Å²) in [6.45, 7) is 5.15. The van der Waals surface area contributed by atoms with Crippen LogP contribution < -0.4 is 10.1 Å². The minimum Gasteiger partial charge on any atom is -0.482 e. The smallest absolute Gasteiger partial charge is 0.161 e. The Labute approximate surface area is 95.6 Å². The lowest BCUT2D eigenvalue weighted by molar-refractivity contribution is 0.0672. The van der Waals surface area contributed by atoms with Crippen LogP contribution in [0.4, 0.5) is 5.69 Å². The summed E-state index contributed by atoms with van der Waals surface area (Å²) in [6, 6.07) is 5.79. The largest absolute Gasteiger partial charge is 0.482 e. The molecule has 2 nitrogen and oxygen atoms in total. The van der Waals surface area contributed by atoms with Gasteiger partial charge in [0.25, 0.3) is 0 Å². The topological polar surface area (TPSA) is 21.3 Å². The molecule has 1 aliphatic heterocycles. The van der Waals surface area contributed by atoms with Crippen molar-refractivity contribution in [1.29, 1.82) is 0 Å². The third-order valence-corrected chi connectivity index (χ3v) is 3.47. The van der Waals surface area contributed by atoms with Gasteiger partial charge >= 0.3 is 0 Å². The third kappa shape index (κ3) is 1.78. The summed E-state index contributed by atoms with van der Waals surface area (Å²) in [5.41, 5.74) is 0.901. The van der Waals surface area contributed by atoms with E-state index >= 15 is 0 Å². The van der Waals surface area contributed by atoms with Crippen LogP contribution in [0.1, 0.15) is 26.7 Å². The van der Waals surface area contributed by atoms with Crippen LogP contribution >= 0.6 is 11.6 Å². The maximum atomic E-state index is 6.12. The van der Waals surface area contributed by atoms with Crippen molar-refractivity contribution >= 4 is 17.3 Å². The maximum Gasteiger partial charge on any atom is 0.161 e. The lowest BCUT2D eigenvalue weighted by atomic mass is 9.95. The zero-order valence-electron chi connectivity index (χ0n) is 9.14. The molecule has 0 aliphatic carbocycles. The maximum absolute atomic E-state index is 6.12. The molecule has 82 valence electrons. The molecule has 1 aromatic rings. The van der Waals surface area contributed by atoms with Gasteiger partial charge in [0.15, 0.2) is 5.75 Å². The van der Waals surface area contributed by atoms with Gasteiger partial charge in [0.1, 0.15) is 5.60 Å². The summed E-state index contributed by atoms with van der Waals surface area (Å²) in [6.07, 6.45) is 1.97. The van der Waals surface area contributed by atoms with E-state index in [-0.39, 0.29) is 5.60 Å². The molecule has 0 bridgehead atoms. The first-order valence-corrected chi connectivity index (χ1v) is 5.80. The molecule has 1 N–H and O–H groups in total. The molecule has 0 unspecified atom stereocenters. The average molecular weight is 226 g/mol. The molecule has 1 aliphatic rings. The molecule has 0 atom stereocenters. The summed E-state index contributed by atoms with van der Waals surface area (Å²) in [7, 11) is 0. The van der Waals surface area contributed by atoms with Crippen LogP contribution in [-0.4, -0.2) is 12.1 Å². The molecule has 0 amide bonds. The Morgan fingerprint density at radius 1 is 1.40 bits per heavy atom. The van der Waals surface area contributed by atoms with Crippen LogP contribution in [0.5, 0.6) is 5.75 Å². The van der Waals surface area contributed by atoms with E-state index in [1.807, 2.05) is 18.2 Å². The standard InChI is InChI=1S/C12H16ClNO/c1-3-12(4-2)8-14-10-7-5-6-9(13)11(10)15-12/h5-7,14H,3-4,8H2,1-2H3. The minimum absolute atomic E-state index is 0.0992. The van der Waals surface area contributed by atoms with Crippen molar-refractivity contribution in [1.82, 2.24) is 0 Å². The fraction of sp³-hybridized carbons (Fsp3) is 0.500. The normalized spacial score (nSPS) is 17.5. The van der Waals surface area contributed by atoms with Gasteiger partial charge in [-0.1, -0.05) is 31.5 Å². The fourth-order valence-electron chi connectivity index (χ4n) is 1.91. The molecule has 0 radical (unpaired) electrons. The predicted octanol–water partition coefficient (Wildman–Crippen LogP) is 3.70. The van der Waals surface area contributed by atoms with Crippen LogP contribution in [0, 0.1) is 0 Å². The highest BCUT2D eigenvalue weighted by molar-refractivity contribution is 6.32. The predicted molar refractivity (Wildman–Crippen MR) is 63.9 cm³/mol. The number of rotatable bonds is 2. The monoisotopic (exact) mass is 225 g/mol. The number of benzene rings is 1. The lowest BCUT2D eigenvalue weighted by Crippen LogP contribution is -2.44. The second kappa shape index (κ2) is 3.93. The van der Waals surface area contributed by atoms with Gasteiger partial charge in [0, 0.05) is 0 Å². The summed E-state index contributed by atoms with van der Waals surface area (Å²) >= 11 is 6.12. The number of anilines is 1. The van der Waals surface area contributed by atoms with Gasteiger partial charge in [-0.25, -0.2) is 0 Å². The Bertz CT molecular complexity index is 361. The Morgan fingerprint density at radius 2 is 2.13 bits per heavy atom. The Kier molecular flexibility index (Phi) is 2.79. The highest BCUT2D eigenvalue weighted by Gasteiger charge is 2.33. The second-order valence-electron chi connectivity index (χ2n) is 3.96. The first-order valence-electron chi connectivity index (χ1n) is 5.42. The van der Waals surface area contributed by atoms with E-state index in [1.165, 1.54) is 0 Å². The second-order valence-corrected chi connectivity index (χ2v) is 4.37. The van der Waals surface area contributed by atoms with E-state index in [0.717, 1.165) is 30.8 Å². The number of ether oxygens (including phenoxy) is 1. The van der Waals surface area contributed by atoms with Gasteiger partial charge in [0.05, 0.1) is 17.3 Å². The fourth-order valence-corrected chi connectivity index (χ4v) is 2.12. The molecule has 3 heteroatoms. The molecule has 1 heterocycles. The molecule has 1 aromatic carbocycles. The summed E-state index contributed by atoms with van der Waals surface area (Å²) in [5, 5.41) is 4.07. The lowest BCUT2D eigenvalue weighted by Gasteiger charge is -2.38. The van der Waals surface area contributed by atoms with E-state index in [9.17, 15) is 0 Å². The number of nitrogens with one attached hydrogen (secondary N) is 1. The van der Waals surface area contributed by atoms with Gasteiger partial charge in [-0.3, -0.25) is 0 Å². The quantitative estimate of drug-likeness (QED) is 0.829. The van der Waals surface area contributed by atoms with Gasteiger partial charge in [-0.2, -0.15) is 0 Å². The van der Waals surface area contributed by atoms with Gasteiger partial charge < -0.3 is 10.1 Å². The van der Waals surface area contributed by atoms with Crippen LogP contribution in [0.15, 0.2) is 18.2 Å². The van der Waals surface area contributed by atoms with Gasteiger partial charge in [-0.05, 0) is 25.0 Å².